The quantitative estimate of drug-likeness (QED) is 0.377. The Kier molecular flexibility index (Phi) is 8.14. The molecule has 0 amide bonds. The number of hydrogen-bond acceptors (Lipinski definition) is 2. The van der Waals surface area contributed by atoms with Crippen LogP contribution in [0, 0.1) is 5.92 Å². The van der Waals surface area contributed by atoms with E-state index in [-0.39, 0.29) is 0 Å². The lowest BCUT2D eigenvalue weighted by molar-refractivity contribution is 0.308. The van der Waals surface area contributed by atoms with Gasteiger partial charge in [-0.1, -0.05) is 38.0 Å². The number of benzene rings is 2. The highest BCUT2D eigenvalue weighted by Gasteiger charge is 2.22. The lowest BCUT2D eigenvalue weighted by atomic mass is 9.77. The monoisotopic (exact) mass is 446 g/mol. The highest BCUT2D eigenvalue weighted by molar-refractivity contribution is 9.10. The fraction of sp³-hybridized carbons (Fsp3) is 0.500. The maximum Gasteiger partial charge on any atom is 0.119 e. The summed E-state index contributed by atoms with van der Waals surface area (Å²) >= 11 is 5.71. The molecule has 2 aromatic carbocycles. The molecule has 0 bridgehead atoms. The minimum Gasteiger partial charge on any atom is -0.494 e. The van der Waals surface area contributed by atoms with Crippen LogP contribution in [-0.2, 0) is 5.75 Å². The van der Waals surface area contributed by atoms with Crippen molar-refractivity contribution >= 4 is 27.7 Å². The summed E-state index contributed by atoms with van der Waals surface area (Å²) < 4.78 is 6.76. The van der Waals surface area contributed by atoms with Crippen molar-refractivity contribution in [1.29, 1.82) is 0 Å². The molecule has 3 rings (SSSR count). The van der Waals surface area contributed by atoms with Gasteiger partial charge in [0.1, 0.15) is 5.75 Å². The van der Waals surface area contributed by atoms with Crippen LogP contribution in [-0.4, -0.2) is 6.61 Å². The molecule has 1 fully saturated rings. The van der Waals surface area contributed by atoms with Crippen molar-refractivity contribution in [3.63, 3.8) is 0 Å². The molecule has 0 atom stereocenters. The summed E-state index contributed by atoms with van der Waals surface area (Å²) in [5.74, 6) is 3.65. The van der Waals surface area contributed by atoms with E-state index in [1.165, 1.54) is 59.0 Å². The number of rotatable bonds is 8. The normalized spacial score (nSPS) is 19.8. The molecule has 1 aliphatic carbocycles. The molecule has 27 heavy (non-hydrogen) atoms. The molecule has 0 saturated heterocycles. The molecule has 1 aliphatic rings. The number of halogens is 1. The van der Waals surface area contributed by atoms with Crippen LogP contribution in [0.1, 0.15) is 69.4 Å². The fourth-order valence-electron chi connectivity index (χ4n) is 4.09. The van der Waals surface area contributed by atoms with E-state index < -0.39 is 0 Å². The second kappa shape index (κ2) is 10.6. The first kappa shape index (κ1) is 20.8. The zero-order valence-electron chi connectivity index (χ0n) is 16.5. The van der Waals surface area contributed by atoms with E-state index in [2.05, 4.69) is 65.3 Å². The largest absolute Gasteiger partial charge is 0.494 e. The minimum absolute atomic E-state index is 0.716. The molecule has 0 aromatic heterocycles. The molecule has 0 N–H and O–H groups in total. The van der Waals surface area contributed by atoms with Crippen LogP contribution < -0.4 is 4.74 Å². The van der Waals surface area contributed by atoms with E-state index in [1.807, 2.05) is 18.7 Å². The molecular weight excluding hydrogens is 416 g/mol. The topological polar surface area (TPSA) is 9.23 Å². The Hall–Kier alpha value is -0.930. The Labute approximate surface area is 177 Å². The van der Waals surface area contributed by atoms with Crippen molar-refractivity contribution < 1.29 is 4.74 Å². The average molecular weight is 447 g/mol. The predicted molar refractivity (Wildman–Crippen MR) is 121 cm³/mol. The lowest BCUT2D eigenvalue weighted by Gasteiger charge is -2.29. The maximum atomic E-state index is 5.52. The van der Waals surface area contributed by atoms with Crippen molar-refractivity contribution in [1.82, 2.24) is 0 Å². The van der Waals surface area contributed by atoms with E-state index in [4.69, 9.17) is 4.74 Å². The summed E-state index contributed by atoms with van der Waals surface area (Å²) in [6.07, 6.45) is 8.28. The van der Waals surface area contributed by atoms with Crippen molar-refractivity contribution in [2.75, 3.05) is 6.61 Å². The van der Waals surface area contributed by atoms with E-state index >= 15 is 0 Å². The molecule has 1 nitrogen and oxygen atoms in total. The van der Waals surface area contributed by atoms with Gasteiger partial charge in [-0.15, -0.1) is 11.8 Å². The maximum absolute atomic E-state index is 5.52. The molecule has 0 aliphatic heterocycles. The second-order valence-corrected chi connectivity index (χ2v) is 9.43. The number of ether oxygens (including phenoxy) is 1. The lowest BCUT2D eigenvalue weighted by Crippen LogP contribution is -2.13. The molecule has 1 saturated carbocycles. The fourth-order valence-corrected chi connectivity index (χ4v) is 5.71. The van der Waals surface area contributed by atoms with Gasteiger partial charge < -0.3 is 4.74 Å². The van der Waals surface area contributed by atoms with Crippen LogP contribution in [0.5, 0.6) is 5.75 Å². The van der Waals surface area contributed by atoms with Gasteiger partial charge in [0.05, 0.1) is 6.61 Å². The van der Waals surface area contributed by atoms with Crippen molar-refractivity contribution in [2.24, 2.45) is 5.92 Å². The molecule has 0 unspecified atom stereocenters. The molecule has 146 valence electrons. The van der Waals surface area contributed by atoms with Crippen LogP contribution in [0.4, 0.5) is 0 Å². The van der Waals surface area contributed by atoms with Gasteiger partial charge in [-0.25, -0.2) is 0 Å². The summed E-state index contributed by atoms with van der Waals surface area (Å²) in [5.41, 5.74) is 2.84. The number of thioether (sulfide) groups is 1. The highest BCUT2D eigenvalue weighted by atomic mass is 79.9. The summed E-state index contributed by atoms with van der Waals surface area (Å²) in [4.78, 5) is 1.33. The SMILES string of the molecule is CCC[C@H]1CC[C@H](c2ccc(SCc3ccc(OCC)cc3)c(Br)c2)CC1. The van der Waals surface area contributed by atoms with Gasteiger partial charge >= 0.3 is 0 Å². The third-order valence-electron chi connectivity index (χ3n) is 5.60. The van der Waals surface area contributed by atoms with Crippen molar-refractivity contribution in [3.05, 3.63) is 58.1 Å². The zero-order valence-corrected chi connectivity index (χ0v) is 18.9. The Balaban J connectivity index is 1.55. The van der Waals surface area contributed by atoms with Gasteiger partial charge in [0.2, 0.25) is 0 Å². The van der Waals surface area contributed by atoms with E-state index in [0.717, 1.165) is 23.3 Å². The van der Waals surface area contributed by atoms with E-state index in [9.17, 15) is 0 Å². The van der Waals surface area contributed by atoms with Gasteiger partial charge in [0.25, 0.3) is 0 Å². The van der Waals surface area contributed by atoms with E-state index in [0.29, 0.717) is 6.61 Å². The van der Waals surface area contributed by atoms with Gasteiger partial charge in [-0.05, 0) is 95.8 Å². The third-order valence-corrected chi connectivity index (χ3v) is 7.66. The average Bonchev–Trinajstić information content (AvgIpc) is 2.69. The van der Waals surface area contributed by atoms with Gasteiger partial charge in [0, 0.05) is 15.1 Å². The first-order valence-electron chi connectivity index (χ1n) is 10.3. The Bertz CT molecular complexity index is 705. The Morgan fingerprint density at radius 3 is 2.37 bits per heavy atom. The van der Waals surface area contributed by atoms with Gasteiger partial charge in [-0.2, -0.15) is 0 Å². The van der Waals surface area contributed by atoms with Crippen LogP contribution >= 0.6 is 27.7 Å². The summed E-state index contributed by atoms with van der Waals surface area (Å²) in [6.45, 7) is 5.04. The third kappa shape index (κ3) is 6.02. The minimum atomic E-state index is 0.716. The van der Waals surface area contributed by atoms with E-state index in [1.54, 1.807) is 0 Å². The first-order valence-corrected chi connectivity index (χ1v) is 12.1. The molecule has 0 heterocycles. The second-order valence-electron chi connectivity index (χ2n) is 7.56. The van der Waals surface area contributed by atoms with Crippen LogP contribution in [0.15, 0.2) is 51.8 Å². The van der Waals surface area contributed by atoms with Crippen LogP contribution in [0.25, 0.3) is 0 Å². The van der Waals surface area contributed by atoms with Crippen LogP contribution in [0.3, 0.4) is 0 Å². The molecule has 2 aromatic rings. The van der Waals surface area contributed by atoms with Crippen molar-refractivity contribution in [3.8, 4) is 5.75 Å². The molecule has 0 spiro atoms. The first-order chi connectivity index (χ1) is 13.2. The highest BCUT2D eigenvalue weighted by Crippen LogP contribution is 2.40. The summed E-state index contributed by atoms with van der Waals surface area (Å²) in [5, 5.41) is 0. The van der Waals surface area contributed by atoms with Gasteiger partial charge in [0.15, 0.2) is 0 Å². The number of hydrogen-bond donors (Lipinski definition) is 0. The standard InChI is InChI=1S/C24H31BrOS/c1-3-5-18-6-10-20(11-7-18)21-12-15-24(23(25)16-21)27-17-19-8-13-22(14-9-19)26-4-2/h8-9,12-16,18,20H,3-7,10-11,17H2,1-2H3/t18-,20-. The molecule has 0 radical (unpaired) electrons. The molecule has 3 heteroatoms. The Morgan fingerprint density at radius 2 is 1.74 bits per heavy atom. The Morgan fingerprint density at radius 1 is 1.00 bits per heavy atom. The zero-order chi connectivity index (χ0) is 19.1. The van der Waals surface area contributed by atoms with Gasteiger partial charge in [-0.3, -0.25) is 0 Å². The molecular formula is C24H31BrOS. The predicted octanol–water partition coefficient (Wildman–Crippen LogP) is 8.21. The summed E-state index contributed by atoms with van der Waals surface area (Å²) in [6, 6.07) is 15.5. The summed E-state index contributed by atoms with van der Waals surface area (Å²) in [7, 11) is 0. The smallest absolute Gasteiger partial charge is 0.119 e. The van der Waals surface area contributed by atoms with Crippen LogP contribution in [0.2, 0.25) is 0 Å². The van der Waals surface area contributed by atoms with Crippen molar-refractivity contribution in [2.45, 2.75) is 68.9 Å².